The van der Waals surface area contributed by atoms with Crippen LogP contribution in [0.2, 0.25) is 0 Å². The van der Waals surface area contributed by atoms with Crippen LogP contribution in [0.25, 0.3) is 0 Å². The second-order valence-corrected chi connectivity index (χ2v) is 8.61. The third kappa shape index (κ3) is 5.96. The van der Waals surface area contributed by atoms with E-state index in [0.717, 1.165) is 29.5 Å². The topological polar surface area (TPSA) is 58.1 Å². The van der Waals surface area contributed by atoms with Gasteiger partial charge in [0.1, 0.15) is 17.2 Å². The van der Waals surface area contributed by atoms with Crippen molar-refractivity contribution in [2.75, 3.05) is 23.7 Å². The molecule has 1 aromatic carbocycles. The van der Waals surface area contributed by atoms with Gasteiger partial charge in [0, 0.05) is 25.7 Å². The van der Waals surface area contributed by atoms with Crippen molar-refractivity contribution < 1.29 is 4.79 Å². The van der Waals surface area contributed by atoms with E-state index in [1.165, 1.54) is 23.7 Å². The molecule has 6 heteroatoms. The Bertz CT molecular complexity index is 755. The fourth-order valence-corrected chi connectivity index (χ4v) is 4.22. The lowest BCUT2D eigenvalue weighted by Crippen LogP contribution is -2.39. The lowest BCUT2D eigenvalue weighted by atomic mass is 9.92. The van der Waals surface area contributed by atoms with Gasteiger partial charge in [-0.05, 0) is 30.7 Å². The summed E-state index contributed by atoms with van der Waals surface area (Å²) in [5.41, 5.74) is 2.33. The number of benzene rings is 1. The van der Waals surface area contributed by atoms with Crippen molar-refractivity contribution in [3.63, 3.8) is 0 Å². The number of anilines is 1. The summed E-state index contributed by atoms with van der Waals surface area (Å²) in [4.78, 5) is 23.2. The number of hydrogen-bond acceptors (Lipinski definition) is 5. The summed E-state index contributed by atoms with van der Waals surface area (Å²) in [6.07, 6.45) is 2.87. The molecule has 2 atom stereocenters. The Morgan fingerprint density at radius 3 is 2.59 bits per heavy atom. The van der Waals surface area contributed by atoms with Crippen LogP contribution in [0.4, 0.5) is 5.82 Å². The van der Waals surface area contributed by atoms with Gasteiger partial charge in [0.15, 0.2) is 0 Å². The van der Waals surface area contributed by atoms with Gasteiger partial charge in [0.2, 0.25) is 5.91 Å². The van der Waals surface area contributed by atoms with Gasteiger partial charge in [-0.25, -0.2) is 9.97 Å². The lowest BCUT2D eigenvalue weighted by Gasteiger charge is -2.35. The molecule has 1 aromatic heterocycles. The van der Waals surface area contributed by atoms with Crippen molar-refractivity contribution in [2.24, 2.45) is 11.8 Å². The van der Waals surface area contributed by atoms with Crippen LogP contribution in [0.3, 0.4) is 0 Å². The molecule has 5 nitrogen and oxygen atoms in total. The standard InChI is InChI=1S/C21H28N4OS/c1-15-4-6-18(7-5-15)10-22-20(26)13-27-21-9-19(23-14-24-21)25-11-16(2)8-17(3)12-25/h4-7,9,14,16-17H,8,10-13H2,1-3H3,(H,22,26)/t16-,17-/m1/s1. The number of piperidine rings is 1. The predicted octanol–water partition coefficient (Wildman–Crippen LogP) is 3.68. The van der Waals surface area contributed by atoms with Crippen LogP contribution in [0, 0.1) is 18.8 Å². The van der Waals surface area contributed by atoms with Gasteiger partial charge < -0.3 is 10.2 Å². The largest absolute Gasteiger partial charge is 0.356 e. The number of nitrogens with one attached hydrogen (secondary N) is 1. The molecule has 0 spiro atoms. The van der Waals surface area contributed by atoms with Crippen LogP contribution < -0.4 is 10.2 Å². The molecule has 0 aliphatic carbocycles. The molecule has 144 valence electrons. The Morgan fingerprint density at radius 2 is 1.89 bits per heavy atom. The van der Waals surface area contributed by atoms with Gasteiger partial charge in [0.05, 0.1) is 5.75 Å². The van der Waals surface area contributed by atoms with Crippen molar-refractivity contribution in [1.29, 1.82) is 0 Å². The zero-order chi connectivity index (χ0) is 19.2. The zero-order valence-corrected chi connectivity index (χ0v) is 17.1. The number of hydrogen-bond donors (Lipinski definition) is 1. The highest BCUT2D eigenvalue weighted by atomic mass is 32.2. The number of aryl methyl sites for hydroxylation is 1. The minimum Gasteiger partial charge on any atom is -0.356 e. The summed E-state index contributed by atoms with van der Waals surface area (Å²) in [5, 5.41) is 3.81. The molecule has 1 aliphatic heterocycles. The Labute approximate surface area is 166 Å². The minimum absolute atomic E-state index is 0.0148. The van der Waals surface area contributed by atoms with Gasteiger partial charge in [-0.15, -0.1) is 0 Å². The highest BCUT2D eigenvalue weighted by Crippen LogP contribution is 2.26. The minimum atomic E-state index is 0.0148. The summed E-state index contributed by atoms with van der Waals surface area (Å²) in [7, 11) is 0. The van der Waals surface area contributed by atoms with Crippen molar-refractivity contribution in [3.8, 4) is 0 Å². The van der Waals surface area contributed by atoms with Gasteiger partial charge in [0.25, 0.3) is 0 Å². The first-order chi connectivity index (χ1) is 13.0. The number of nitrogens with zero attached hydrogens (tertiary/aromatic N) is 3. The number of amides is 1. The van der Waals surface area contributed by atoms with E-state index in [4.69, 9.17) is 0 Å². The van der Waals surface area contributed by atoms with Gasteiger partial charge >= 0.3 is 0 Å². The average molecular weight is 385 g/mol. The molecule has 0 saturated carbocycles. The second-order valence-electron chi connectivity index (χ2n) is 7.62. The highest BCUT2D eigenvalue weighted by Gasteiger charge is 2.23. The van der Waals surface area contributed by atoms with E-state index in [1.54, 1.807) is 6.33 Å². The van der Waals surface area contributed by atoms with Crippen molar-refractivity contribution in [1.82, 2.24) is 15.3 Å². The highest BCUT2D eigenvalue weighted by molar-refractivity contribution is 7.99. The average Bonchev–Trinajstić information content (AvgIpc) is 2.65. The molecule has 2 heterocycles. The number of rotatable bonds is 6. The molecule has 1 amide bonds. The number of carbonyl (C=O) groups is 1. The SMILES string of the molecule is Cc1ccc(CNC(=O)CSc2cc(N3C[C@H](C)C[C@@H](C)C3)ncn2)cc1. The predicted molar refractivity (Wildman–Crippen MR) is 111 cm³/mol. The zero-order valence-electron chi connectivity index (χ0n) is 16.3. The first kappa shape index (κ1) is 19.7. The summed E-state index contributed by atoms with van der Waals surface area (Å²) in [6.45, 7) is 9.25. The van der Waals surface area contributed by atoms with E-state index in [2.05, 4.69) is 53.1 Å². The van der Waals surface area contributed by atoms with E-state index in [9.17, 15) is 4.79 Å². The first-order valence-corrected chi connectivity index (χ1v) is 10.5. The summed E-state index contributed by atoms with van der Waals surface area (Å²) in [6, 6.07) is 10.2. The first-order valence-electron chi connectivity index (χ1n) is 9.51. The quantitative estimate of drug-likeness (QED) is 0.608. The van der Waals surface area contributed by atoms with Crippen LogP contribution in [-0.2, 0) is 11.3 Å². The summed E-state index contributed by atoms with van der Waals surface area (Å²) >= 11 is 1.46. The molecule has 0 bridgehead atoms. The van der Waals surface area contributed by atoms with Crippen LogP contribution in [-0.4, -0.2) is 34.7 Å². The molecule has 1 fully saturated rings. The van der Waals surface area contributed by atoms with Crippen molar-refractivity contribution in [3.05, 3.63) is 47.8 Å². The number of thioether (sulfide) groups is 1. The van der Waals surface area contributed by atoms with Crippen molar-refractivity contribution >= 4 is 23.5 Å². The maximum absolute atomic E-state index is 12.1. The van der Waals surface area contributed by atoms with Crippen molar-refractivity contribution in [2.45, 2.75) is 38.8 Å². The van der Waals surface area contributed by atoms with Crippen LogP contribution >= 0.6 is 11.8 Å². The molecule has 1 N–H and O–H groups in total. The fourth-order valence-electron chi connectivity index (χ4n) is 3.53. The van der Waals surface area contributed by atoms with Crippen LogP contribution in [0.5, 0.6) is 0 Å². The van der Waals surface area contributed by atoms with Gasteiger partial charge in [-0.2, -0.15) is 0 Å². The van der Waals surface area contributed by atoms with E-state index < -0.39 is 0 Å². The van der Waals surface area contributed by atoms with Crippen LogP contribution in [0.15, 0.2) is 41.7 Å². The van der Waals surface area contributed by atoms with E-state index in [-0.39, 0.29) is 5.91 Å². The second kappa shape index (κ2) is 9.22. The molecule has 27 heavy (non-hydrogen) atoms. The number of aromatic nitrogens is 2. The molecule has 3 rings (SSSR count). The monoisotopic (exact) mass is 384 g/mol. The summed E-state index contributed by atoms with van der Waals surface area (Å²) < 4.78 is 0. The van der Waals surface area contributed by atoms with E-state index >= 15 is 0 Å². The lowest BCUT2D eigenvalue weighted by molar-refractivity contribution is -0.118. The van der Waals surface area contributed by atoms with Gasteiger partial charge in [-0.3, -0.25) is 4.79 Å². The molecule has 2 aromatic rings. The molecule has 1 aliphatic rings. The molecular formula is C21H28N4OS. The molecular weight excluding hydrogens is 356 g/mol. The van der Waals surface area contributed by atoms with Gasteiger partial charge in [-0.1, -0.05) is 55.4 Å². The molecule has 0 unspecified atom stereocenters. The molecule has 0 radical (unpaired) electrons. The maximum Gasteiger partial charge on any atom is 0.230 e. The normalized spacial score (nSPS) is 19.7. The van der Waals surface area contributed by atoms with E-state index in [1.807, 2.05) is 18.2 Å². The third-order valence-corrected chi connectivity index (χ3v) is 5.71. The maximum atomic E-state index is 12.1. The smallest absolute Gasteiger partial charge is 0.230 e. The molecule has 1 saturated heterocycles. The Morgan fingerprint density at radius 1 is 1.19 bits per heavy atom. The summed E-state index contributed by atoms with van der Waals surface area (Å²) in [5.74, 6) is 2.68. The van der Waals surface area contributed by atoms with E-state index in [0.29, 0.717) is 24.1 Å². The van der Waals surface area contributed by atoms with Crippen LogP contribution in [0.1, 0.15) is 31.4 Å². The Balaban J connectivity index is 1.50. The Kier molecular flexibility index (Phi) is 6.72. The third-order valence-electron chi connectivity index (χ3n) is 4.78. The Hall–Kier alpha value is -2.08. The fraction of sp³-hybridized carbons (Fsp3) is 0.476. The number of carbonyl (C=O) groups excluding carboxylic acids is 1.